The molecule has 4 rings (SSSR count). The Kier molecular flexibility index (Phi) is 9.05. The lowest BCUT2D eigenvalue weighted by Crippen LogP contribution is -2.40. The number of carbonyl (C=O) groups is 1. The van der Waals surface area contributed by atoms with E-state index in [2.05, 4.69) is 10.1 Å². The van der Waals surface area contributed by atoms with Crippen LogP contribution in [0.2, 0.25) is 0 Å². The number of nitrogens with zero attached hydrogens (tertiary/aromatic N) is 2. The molecule has 1 saturated carbocycles. The second kappa shape index (κ2) is 12.2. The van der Waals surface area contributed by atoms with Crippen molar-refractivity contribution in [1.29, 1.82) is 0 Å². The number of aryl methyl sites for hydroxylation is 1. The monoisotopic (exact) mass is 522 g/mol. The van der Waals surface area contributed by atoms with Crippen molar-refractivity contribution in [1.82, 2.24) is 14.6 Å². The number of aromatic nitrogens is 2. The summed E-state index contributed by atoms with van der Waals surface area (Å²) < 4.78 is 29.8. The van der Waals surface area contributed by atoms with E-state index in [1.54, 1.807) is 50.4 Å². The fourth-order valence-corrected chi connectivity index (χ4v) is 5.52. The number of carbonyl (C=O) groups excluding carboxylic acids is 1. The lowest BCUT2D eigenvalue weighted by molar-refractivity contribution is -0.152. The van der Waals surface area contributed by atoms with E-state index in [0.29, 0.717) is 11.4 Å². The van der Waals surface area contributed by atoms with Crippen molar-refractivity contribution in [3.05, 3.63) is 58.8 Å². The number of esters is 1. The number of para-hydroxylation sites is 1. The van der Waals surface area contributed by atoms with Crippen LogP contribution in [0.15, 0.2) is 47.4 Å². The molecule has 1 aromatic carbocycles. The van der Waals surface area contributed by atoms with E-state index >= 15 is 0 Å². The molecular weight excluding hydrogens is 489 g/mol. The molecule has 196 valence electrons. The van der Waals surface area contributed by atoms with Crippen LogP contribution in [-0.2, 0) is 23.5 Å². The van der Waals surface area contributed by atoms with E-state index in [1.807, 2.05) is 6.07 Å². The molecule has 1 aromatic heterocycles. The van der Waals surface area contributed by atoms with Crippen LogP contribution in [0.3, 0.4) is 0 Å². The highest BCUT2D eigenvalue weighted by molar-refractivity contribution is 7.58. The molecule has 2 fully saturated rings. The predicted octanol–water partition coefficient (Wildman–Crippen LogP) is 3.04. The Bertz CT molecular complexity index is 1060. The fraction of sp³-hybridized carbons (Fsp3) is 0.542. The molecule has 0 spiro atoms. The van der Waals surface area contributed by atoms with E-state index in [4.69, 9.17) is 23.3 Å². The summed E-state index contributed by atoms with van der Waals surface area (Å²) in [6.45, 7) is 3.21. The highest BCUT2D eigenvalue weighted by atomic mass is 31.2. The molecule has 2 heterocycles. The number of rotatable bonds is 10. The Balaban J connectivity index is 1.38. The van der Waals surface area contributed by atoms with Gasteiger partial charge in [-0.25, -0.2) is 4.79 Å². The molecule has 0 bridgehead atoms. The maximum atomic E-state index is 12.7. The van der Waals surface area contributed by atoms with Crippen LogP contribution >= 0.6 is 8.09 Å². The molecule has 11 nitrogen and oxygen atoms in total. The average molecular weight is 523 g/mol. The smallest absolute Gasteiger partial charge is 0.461 e. The minimum Gasteiger partial charge on any atom is -0.461 e. The number of benzene rings is 1. The first-order valence-corrected chi connectivity index (χ1v) is 13.7. The SMILES string of the molecule is Cc1ccn([C@@H]2CO[C@H](CO[P+](O)(N[C@@H](C)C(=O)OC3CCCCC3)Oc3ccccc3)O2)c(=O)n1. The molecular formula is C24H33N3O8P+. The summed E-state index contributed by atoms with van der Waals surface area (Å²) in [6, 6.07) is 9.45. The topological polar surface area (TPSA) is 130 Å². The minimum absolute atomic E-state index is 0.104. The molecule has 1 saturated heterocycles. The highest BCUT2D eigenvalue weighted by Crippen LogP contribution is 2.53. The third-order valence-electron chi connectivity index (χ3n) is 5.92. The largest absolute Gasteiger partial charge is 0.544 e. The summed E-state index contributed by atoms with van der Waals surface area (Å²) in [7, 11) is -3.81. The van der Waals surface area contributed by atoms with Crippen LogP contribution in [0.25, 0.3) is 0 Å². The van der Waals surface area contributed by atoms with Gasteiger partial charge < -0.3 is 14.2 Å². The normalized spacial score (nSPS) is 23.1. The first-order valence-electron chi connectivity index (χ1n) is 12.1. The van der Waals surface area contributed by atoms with Gasteiger partial charge in [-0.2, -0.15) is 14.4 Å². The summed E-state index contributed by atoms with van der Waals surface area (Å²) in [5.74, 6) is -0.127. The van der Waals surface area contributed by atoms with E-state index in [-0.39, 0.29) is 19.3 Å². The van der Waals surface area contributed by atoms with Gasteiger partial charge in [0.05, 0.1) is 6.61 Å². The first kappa shape index (κ1) is 26.7. The number of hydrogen-bond acceptors (Lipinski definition) is 10. The van der Waals surface area contributed by atoms with Crippen molar-refractivity contribution in [3.63, 3.8) is 0 Å². The molecule has 2 N–H and O–H groups in total. The lowest BCUT2D eigenvalue weighted by Gasteiger charge is -2.25. The number of ether oxygens (including phenoxy) is 3. The van der Waals surface area contributed by atoms with Gasteiger partial charge in [-0.15, -0.1) is 0 Å². The van der Waals surface area contributed by atoms with Crippen molar-refractivity contribution < 1.29 is 32.9 Å². The van der Waals surface area contributed by atoms with Crippen LogP contribution in [0, 0.1) is 6.92 Å². The zero-order valence-electron chi connectivity index (χ0n) is 20.4. The van der Waals surface area contributed by atoms with Gasteiger partial charge in [0.2, 0.25) is 0 Å². The average Bonchev–Trinajstić information content (AvgIpc) is 3.33. The third-order valence-corrected chi connectivity index (χ3v) is 7.59. The molecule has 1 aliphatic heterocycles. The molecule has 0 amide bonds. The Morgan fingerprint density at radius 2 is 2.00 bits per heavy atom. The van der Waals surface area contributed by atoms with Gasteiger partial charge in [0.15, 0.2) is 24.9 Å². The standard InChI is InChI=1S/C24H33N3O8P/c1-17-13-14-27(24(29)25-17)21-15-31-22(34-21)16-32-36(30,35-20-11-7-4-8-12-20)26-18(2)23(28)33-19-9-5-3-6-10-19/h4,7-8,11-14,18-19,21-22,26,30H,3,5-6,9-10,15-16H2,1-2H3/q+1/t18-,21-,22-,36?/m0/s1. The van der Waals surface area contributed by atoms with Gasteiger partial charge in [-0.05, 0) is 57.7 Å². The van der Waals surface area contributed by atoms with Crippen molar-refractivity contribution in [2.24, 2.45) is 0 Å². The predicted molar refractivity (Wildman–Crippen MR) is 131 cm³/mol. The molecule has 1 unspecified atom stereocenters. The number of hydrogen-bond donors (Lipinski definition) is 2. The van der Waals surface area contributed by atoms with E-state index < -0.39 is 38.3 Å². The van der Waals surface area contributed by atoms with Gasteiger partial charge in [0.1, 0.15) is 12.1 Å². The molecule has 0 radical (unpaired) electrons. The lowest BCUT2D eigenvalue weighted by atomic mass is 9.98. The van der Waals surface area contributed by atoms with Gasteiger partial charge >= 0.3 is 19.8 Å². The quantitative estimate of drug-likeness (QED) is 0.355. The zero-order valence-corrected chi connectivity index (χ0v) is 21.3. The molecule has 1 aliphatic carbocycles. The van der Waals surface area contributed by atoms with Crippen molar-refractivity contribution >= 4 is 14.1 Å². The highest BCUT2D eigenvalue weighted by Gasteiger charge is 2.48. The molecule has 12 heteroatoms. The molecule has 2 aromatic rings. The first-order chi connectivity index (χ1) is 17.3. The maximum absolute atomic E-state index is 12.7. The second-order valence-corrected chi connectivity index (χ2v) is 10.6. The maximum Gasteiger partial charge on any atom is 0.544 e. The van der Waals surface area contributed by atoms with Crippen LogP contribution in [0.5, 0.6) is 5.75 Å². The molecule has 4 atom stereocenters. The summed E-state index contributed by atoms with van der Waals surface area (Å²) in [4.78, 5) is 40.0. The second-order valence-electron chi connectivity index (χ2n) is 8.88. The Morgan fingerprint density at radius 1 is 1.25 bits per heavy atom. The fourth-order valence-electron chi connectivity index (χ4n) is 4.02. The van der Waals surface area contributed by atoms with Crippen LogP contribution in [0.1, 0.15) is 50.9 Å². The summed E-state index contributed by atoms with van der Waals surface area (Å²) >= 11 is 0. The van der Waals surface area contributed by atoms with Crippen LogP contribution in [0.4, 0.5) is 0 Å². The Labute approximate surface area is 210 Å². The minimum atomic E-state index is -3.81. The van der Waals surface area contributed by atoms with Crippen molar-refractivity contribution in [2.45, 2.75) is 70.6 Å². The van der Waals surface area contributed by atoms with Crippen molar-refractivity contribution in [3.8, 4) is 5.75 Å². The van der Waals surface area contributed by atoms with Gasteiger partial charge in [-0.1, -0.05) is 29.7 Å². The summed E-state index contributed by atoms with van der Waals surface area (Å²) in [5.41, 5.74) is 0.152. The molecule has 2 aliphatic rings. The van der Waals surface area contributed by atoms with Gasteiger partial charge in [-0.3, -0.25) is 13.9 Å². The van der Waals surface area contributed by atoms with Crippen LogP contribution in [-0.4, -0.2) is 52.1 Å². The summed E-state index contributed by atoms with van der Waals surface area (Å²) in [5, 5.41) is 2.78. The third kappa shape index (κ3) is 7.32. The Morgan fingerprint density at radius 3 is 2.72 bits per heavy atom. The van der Waals surface area contributed by atoms with Gasteiger partial charge in [0.25, 0.3) is 0 Å². The van der Waals surface area contributed by atoms with E-state index in [1.165, 1.54) is 4.57 Å². The van der Waals surface area contributed by atoms with Crippen LogP contribution < -0.4 is 15.3 Å². The summed E-state index contributed by atoms with van der Waals surface area (Å²) in [6.07, 6.45) is 4.80. The van der Waals surface area contributed by atoms with E-state index in [0.717, 1.165) is 32.1 Å². The van der Waals surface area contributed by atoms with Gasteiger partial charge in [0, 0.05) is 11.9 Å². The van der Waals surface area contributed by atoms with Crippen molar-refractivity contribution in [2.75, 3.05) is 13.2 Å². The van der Waals surface area contributed by atoms with E-state index in [9.17, 15) is 14.5 Å². The Hall–Kier alpha value is -2.40. The molecule has 36 heavy (non-hydrogen) atoms. The zero-order chi connectivity index (χ0) is 25.5. The number of nitrogens with one attached hydrogen (secondary N) is 1.